The second-order valence-corrected chi connectivity index (χ2v) is 5.33. The molecule has 2 unspecified atom stereocenters. The molecule has 3 heteroatoms. The number of rotatable bonds is 3. The molecule has 0 amide bonds. The van der Waals surface area contributed by atoms with Crippen molar-refractivity contribution in [1.29, 1.82) is 0 Å². The maximum atomic E-state index is 4.41. The summed E-state index contributed by atoms with van der Waals surface area (Å²) in [6.07, 6.45) is 3.30. The van der Waals surface area contributed by atoms with Crippen molar-refractivity contribution in [3.63, 3.8) is 0 Å². The summed E-state index contributed by atoms with van der Waals surface area (Å²) in [5, 5.41) is 3.23. The molecule has 2 heterocycles. The lowest BCUT2D eigenvalue weighted by Crippen LogP contribution is -2.28. The minimum atomic E-state index is 0.641. The molecule has 17 heavy (non-hydrogen) atoms. The van der Waals surface area contributed by atoms with Crippen molar-refractivity contribution in [2.45, 2.75) is 39.8 Å². The minimum Gasteiger partial charge on any atom is -0.368 e. The van der Waals surface area contributed by atoms with Gasteiger partial charge in [0.25, 0.3) is 0 Å². The zero-order chi connectivity index (χ0) is 12.4. The van der Waals surface area contributed by atoms with Gasteiger partial charge in [-0.05, 0) is 39.3 Å². The van der Waals surface area contributed by atoms with E-state index in [1.54, 1.807) is 0 Å². The number of nitrogens with zero attached hydrogens (tertiary/aromatic N) is 2. The lowest BCUT2D eigenvalue weighted by atomic mass is 10.1. The number of aromatic nitrogens is 1. The van der Waals surface area contributed by atoms with Crippen LogP contribution < -0.4 is 10.2 Å². The molecule has 1 aliphatic heterocycles. The Balaban J connectivity index is 2.32. The predicted octanol–water partition coefficient (Wildman–Crippen LogP) is 2.34. The molecule has 2 rings (SSSR count). The van der Waals surface area contributed by atoms with E-state index in [0.717, 1.165) is 18.2 Å². The van der Waals surface area contributed by atoms with Crippen LogP contribution >= 0.6 is 0 Å². The molecule has 0 saturated carbocycles. The topological polar surface area (TPSA) is 28.2 Å². The Bertz CT molecular complexity index is 389. The van der Waals surface area contributed by atoms with Crippen LogP contribution in [0.5, 0.6) is 0 Å². The largest absolute Gasteiger partial charge is 0.368 e. The van der Waals surface area contributed by atoms with E-state index in [1.807, 2.05) is 13.2 Å². The second kappa shape index (κ2) is 5.05. The first-order valence-electron chi connectivity index (χ1n) is 6.48. The maximum absolute atomic E-state index is 4.41. The highest BCUT2D eigenvalue weighted by molar-refractivity contribution is 5.55. The molecule has 1 saturated heterocycles. The van der Waals surface area contributed by atoms with Gasteiger partial charge >= 0.3 is 0 Å². The Kier molecular flexibility index (Phi) is 3.67. The van der Waals surface area contributed by atoms with Crippen molar-refractivity contribution in [3.8, 4) is 0 Å². The molecule has 0 radical (unpaired) electrons. The van der Waals surface area contributed by atoms with Crippen LogP contribution in [0.25, 0.3) is 0 Å². The van der Waals surface area contributed by atoms with Gasteiger partial charge in [0.2, 0.25) is 0 Å². The van der Waals surface area contributed by atoms with Crippen LogP contribution in [-0.4, -0.2) is 24.6 Å². The monoisotopic (exact) mass is 233 g/mol. The van der Waals surface area contributed by atoms with Crippen molar-refractivity contribution in [2.24, 2.45) is 5.92 Å². The van der Waals surface area contributed by atoms with Crippen LogP contribution in [0, 0.1) is 12.8 Å². The summed E-state index contributed by atoms with van der Waals surface area (Å²) in [5.41, 5.74) is 3.77. The first-order valence-corrected chi connectivity index (χ1v) is 6.48. The van der Waals surface area contributed by atoms with E-state index in [-0.39, 0.29) is 0 Å². The number of hydrogen-bond acceptors (Lipinski definition) is 3. The highest BCUT2D eigenvalue weighted by atomic mass is 15.2. The Morgan fingerprint density at radius 1 is 1.47 bits per heavy atom. The molecule has 0 aromatic carbocycles. The summed E-state index contributed by atoms with van der Waals surface area (Å²) in [6, 6.07) is 2.86. The summed E-state index contributed by atoms with van der Waals surface area (Å²) in [5.74, 6) is 0.793. The average molecular weight is 233 g/mol. The molecule has 1 aliphatic rings. The fourth-order valence-electron chi connectivity index (χ4n) is 2.80. The molecular formula is C14H23N3. The van der Waals surface area contributed by atoms with Gasteiger partial charge in [0.1, 0.15) is 0 Å². The third-order valence-electron chi connectivity index (χ3n) is 3.56. The van der Waals surface area contributed by atoms with Crippen LogP contribution in [0.3, 0.4) is 0 Å². The quantitative estimate of drug-likeness (QED) is 0.868. The Hall–Kier alpha value is -1.09. The summed E-state index contributed by atoms with van der Waals surface area (Å²) in [6.45, 7) is 8.78. The molecular weight excluding hydrogens is 210 g/mol. The van der Waals surface area contributed by atoms with E-state index in [1.165, 1.54) is 24.2 Å². The molecule has 94 valence electrons. The lowest BCUT2D eigenvalue weighted by Gasteiger charge is -2.26. The second-order valence-electron chi connectivity index (χ2n) is 5.33. The summed E-state index contributed by atoms with van der Waals surface area (Å²) < 4.78 is 0. The molecule has 1 aromatic heterocycles. The Morgan fingerprint density at radius 2 is 2.24 bits per heavy atom. The van der Waals surface area contributed by atoms with Crippen molar-refractivity contribution >= 4 is 5.69 Å². The zero-order valence-corrected chi connectivity index (χ0v) is 11.3. The SMILES string of the molecule is CNCc1cnc(C)cc1N1CC(C)CC1C. The third-order valence-corrected chi connectivity index (χ3v) is 3.56. The highest BCUT2D eigenvalue weighted by Crippen LogP contribution is 2.31. The van der Waals surface area contributed by atoms with E-state index in [0.29, 0.717) is 6.04 Å². The minimum absolute atomic E-state index is 0.641. The molecule has 3 nitrogen and oxygen atoms in total. The van der Waals surface area contributed by atoms with Gasteiger partial charge in [-0.25, -0.2) is 0 Å². The molecule has 1 N–H and O–H groups in total. The first kappa shape index (κ1) is 12.4. The van der Waals surface area contributed by atoms with Crippen molar-refractivity contribution in [3.05, 3.63) is 23.5 Å². The fourth-order valence-corrected chi connectivity index (χ4v) is 2.80. The number of aryl methyl sites for hydroxylation is 1. The van der Waals surface area contributed by atoms with Crippen LogP contribution in [0.15, 0.2) is 12.3 Å². The summed E-state index contributed by atoms with van der Waals surface area (Å²) in [4.78, 5) is 6.94. The van der Waals surface area contributed by atoms with Gasteiger partial charge in [-0.3, -0.25) is 4.98 Å². The van der Waals surface area contributed by atoms with Crippen molar-refractivity contribution < 1.29 is 0 Å². The van der Waals surface area contributed by atoms with Gasteiger partial charge in [-0.15, -0.1) is 0 Å². The molecule has 2 atom stereocenters. The van der Waals surface area contributed by atoms with Crippen LogP contribution in [0.2, 0.25) is 0 Å². The molecule has 1 aromatic rings. The summed E-state index contributed by atoms with van der Waals surface area (Å²) >= 11 is 0. The zero-order valence-electron chi connectivity index (χ0n) is 11.3. The van der Waals surface area contributed by atoms with Gasteiger partial charge in [0.05, 0.1) is 0 Å². The van der Waals surface area contributed by atoms with Crippen molar-refractivity contribution in [2.75, 3.05) is 18.5 Å². The van der Waals surface area contributed by atoms with Gasteiger partial charge in [0.15, 0.2) is 0 Å². The smallest absolute Gasteiger partial charge is 0.0448 e. The Morgan fingerprint density at radius 3 is 2.82 bits per heavy atom. The van der Waals surface area contributed by atoms with E-state index in [9.17, 15) is 0 Å². The lowest BCUT2D eigenvalue weighted by molar-refractivity contribution is 0.625. The first-order chi connectivity index (χ1) is 8.11. The predicted molar refractivity (Wildman–Crippen MR) is 72.3 cm³/mol. The third kappa shape index (κ3) is 2.60. The van der Waals surface area contributed by atoms with Crippen LogP contribution in [0.4, 0.5) is 5.69 Å². The highest BCUT2D eigenvalue weighted by Gasteiger charge is 2.27. The van der Waals surface area contributed by atoms with Crippen molar-refractivity contribution in [1.82, 2.24) is 10.3 Å². The van der Waals surface area contributed by atoms with Gasteiger partial charge in [-0.1, -0.05) is 6.92 Å². The van der Waals surface area contributed by atoms with E-state index in [2.05, 4.69) is 42.0 Å². The van der Waals surface area contributed by atoms with Gasteiger partial charge in [0, 0.05) is 42.3 Å². The fraction of sp³-hybridized carbons (Fsp3) is 0.643. The van der Waals surface area contributed by atoms with Crippen LogP contribution in [-0.2, 0) is 6.54 Å². The molecule has 0 bridgehead atoms. The molecule has 0 aliphatic carbocycles. The number of pyridine rings is 1. The van der Waals surface area contributed by atoms with Crippen LogP contribution in [0.1, 0.15) is 31.5 Å². The Labute approximate surface area is 104 Å². The molecule has 1 fully saturated rings. The van der Waals surface area contributed by atoms with Gasteiger partial charge < -0.3 is 10.2 Å². The summed E-state index contributed by atoms with van der Waals surface area (Å²) in [7, 11) is 1.99. The molecule has 0 spiro atoms. The standard InChI is InChI=1S/C14H23N3/c1-10-5-12(3)17(9-10)14-6-11(2)16-8-13(14)7-15-4/h6,8,10,12,15H,5,7,9H2,1-4H3. The maximum Gasteiger partial charge on any atom is 0.0448 e. The average Bonchev–Trinajstić information content (AvgIpc) is 2.61. The van der Waals surface area contributed by atoms with E-state index in [4.69, 9.17) is 0 Å². The number of anilines is 1. The number of nitrogens with one attached hydrogen (secondary N) is 1. The number of hydrogen-bond donors (Lipinski definition) is 1. The normalized spacial score (nSPS) is 24.4. The van der Waals surface area contributed by atoms with E-state index >= 15 is 0 Å². The van der Waals surface area contributed by atoms with E-state index < -0.39 is 0 Å². The van der Waals surface area contributed by atoms with Gasteiger partial charge in [-0.2, -0.15) is 0 Å².